The third-order valence-electron chi connectivity index (χ3n) is 3.70. The largest absolute Gasteiger partial charge is 0.287 e. The highest BCUT2D eigenvalue weighted by molar-refractivity contribution is 6.36. The van der Waals surface area contributed by atoms with Gasteiger partial charge >= 0.3 is 0 Å². The predicted molar refractivity (Wildman–Crippen MR) is 94.4 cm³/mol. The SMILES string of the molecule is O=C(NN[C@H]1CC(=O)N(c2ccccc2)C1=O)c1ccc(Cl)cc1Cl. The van der Waals surface area contributed by atoms with Gasteiger partial charge in [0.25, 0.3) is 11.8 Å². The monoisotopic (exact) mass is 377 g/mol. The second-order valence-electron chi connectivity index (χ2n) is 5.38. The number of benzene rings is 2. The molecule has 0 bridgehead atoms. The summed E-state index contributed by atoms with van der Waals surface area (Å²) in [7, 11) is 0. The minimum absolute atomic E-state index is 0.0532. The van der Waals surface area contributed by atoms with Gasteiger partial charge in [0.1, 0.15) is 6.04 Å². The second kappa shape index (κ2) is 7.23. The predicted octanol–water partition coefficient (Wildman–Crippen LogP) is 2.56. The van der Waals surface area contributed by atoms with Crippen molar-refractivity contribution in [3.63, 3.8) is 0 Å². The summed E-state index contributed by atoms with van der Waals surface area (Å²) in [5.41, 5.74) is 5.70. The van der Waals surface area contributed by atoms with Crippen LogP contribution in [0.1, 0.15) is 16.8 Å². The second-order valence-corrected chi connectivity index (χ2v) is 6.23. The maximum Gasteiger partial charge on any atom is 0.266 e. The summed E-state index contributed by atoms with van der Waals surface area (Å²) in [5, 5.41) is 0.594. The summed E-state index contributed by atoms with van der Waals surface area (Å²) in [6.07, 6.45) is -0.0532. The fraction of sp³-hybridized carbons (Fsp3) is 0.118. The molecule has 8 heteroatoms. The number of para-hydroxylation sites is 1. The van der Waals surface area contributed by atoms with E-state index in [9.17, 15) is 14.4 Å². The molecule has 1 aliphatic rings. The smallest absolute Gasteiger partial charge is 0.266 e. The van der Waals surface area contributed by atoms with Crippen molar-refractivity contribution in [3.8, 4) is 0 Å². The summed E-state index contributed by atoms with van der Waals surface area (Å²) >= 11 is 11.8. The number of anilines is 1. The topological polar surface area (TPSA) is 78.5 Å². The first-order valence-corrected chi connectivity index (χ1v) is 8.15. The minimum Gasteiger partial charge on any atom is -0.287 e. The zero-order chi connectivity index (χ0) is 18.0. The molecule has 3 amide bonds. The highest BCUT2D eigenvalue weighted by atomic mass is 35.5. The van der Waals surface area contributed by atoms with E-state index in [-0.39, 0.29) is 22.9 Å². The van der Waals surface area contributed by atoms with E-state index < -0.39 is 17.9 Å². The molecule has 0 spiro atoms. The van der Waals surface area contributed by atoms with Crippen LogP contribution in [0.2, 0.25) is 10.0 Å². The first-order chi connectivity index (χ1) is 12.0. The van der Waals surface area contributed by atoms with E-state index in [2.05, 4.69) is 10.9 Å². The van der Waals surface area contributed by atoms with Crippen LogP contribution in [0.15, 0.2) is 48.5 Å². The van der Waals surface area contributed by atoms with E-state index in [1.807, 2.05) is 0 Å². The third kappa shape index (κ3) is 3.66. The Morgan fingerprint density at radius 3 is 2.48 bits per heavy atom. The molecular formula is C17H13Cl2N3O3. The molecule has 2 aromatic carbocycles. The lowest BCUT2D eigenvalue weighted by Crippen LogP contribution is -2.48. The van der Waals surface area contributed by atoms with Crippen LogP contribution in [-0.2, 0) is 9.59 Å². The average molecular weight is 378 g/mol. The Morgan fingerprint density at radius 1 is 1.08 bits per heavy atom. The van der Waals surface area contributed by atoms with Gasteiger partial charge in [-0.15, -0.1) is 0 Å². The number of nitrogens with zero attached hydrogens (tertiary/aromatic N) is 1. The molecule has 0 aliphatic carbocycles. The Kier molecular flexibility index (Phi) is 5.03. The van der Waals surface area contributed by atoms with Gasteiger partial charge in [-0.25, -0.2) is 10.3 Å². The molecule has 1 heterocycles. The van der Waals surface area contributed by atoms with Crippen molar-refractivity contribution in [2.24, 2.45) is 0 Å². The van der Waals surface area contributed by atoms with E-state index >= 15 is 0 Å². The first kappa shape index (κ1) is 17.4. The minimum atomic E-state index is -0.845. The average Bonchev–Trinajstić information content (AvgIpc) is 2.87. The normalized spacial score (nSPS) is 17.0. The maximum atomic E-state index is 12.4. The van der Waals surface area contributed by atoms with Crippen LogP contribution in [-0.4, -0.2) is 23.8 Å². The van der Waals surface area contributed by atoms with Crippen molar-refractivity contribution >= 4 is 46.6 Å². The van der Waals surface area contributed by atoms with Crippen molar-refractivity contribution in [1.82, 2.24) is 10.9 Å². The molecule has 0 aromatic heterocycles. The van der Waals surface area contributed by atoms with E-state index in [0.717, 1.165) is 4.90 Å². The molecule has 0 radical (unpaired) electrons. The molecule has 3 rings (SSSR count). The Labute approximate surface area is 153 Å². The highest BCUT2D eigenvalue weighted by Gasteiger charge is 2.39. The number of hydrazine groups is 1. The number of imide groups is 1. The molecule has 6 nitrogen and oxygen atoms in total. The molecule has 25 heavy (non-hydrogen) atoms. The molecule has 128 valence electrons. The Hall–Kier alpha value is -2.41. The van der Waals surface area contributed by atoms with Gasteiger partial charge in [-0.2, -0.15) is 0 Å². The lowest BCUT2D eigenvalue weighted by atomic mass is 10.2. The summed E-state index contributed by atoms with van der Waals surface area (Å²) in [4.78, 5) is 37.8. The van der Waals surface area contributed by atoms with E-state index in [1.165, 1.54) is 18.2 Å². The zero-order valence-electron chi connectivity index (χ0n) is 12.8. The number of carbonyl (C=O) groups is 3. The van der Waals surface area contributed by atoms with Gasteiger partial charge in [-0.3, -0.25) is 19.8 Å². The Morgan fingerprint density at radius 2 is 1.80 bits per heavy atom. The first-order valence-electron chi connectivity index (χ1n) is 7.40. The standard InChI is InChI=1S/C17H13Cl2N3O3/c18-10-6-7-12(13(19)8-10)16(24)21-20-14-9-15(23)22(17(14)25)11-4-2-1-3-5-11/h1-8,14,20H,9H2,(H,21,24)/t14-/m0/s1. The van der Waals surface area contributed by atoms with E-state index in [1.54, 1.807) is 30.3 Å². The van der Waals surface area contributed by atoms with Gasteiger partial charge < -0.3 is 0 Å². The van der Waals surface area contributed by atoms with Crippen molar-refractivity contribution in [2.45, 2.75) is 12.5 Å². The number of nitrogens with one attached hydrogen (secondary N) is 2. The van der Waals surface area contributed by atoms with Crippen molar-refractivity contribution in [3.05, 3.63) is 64.1 Å². The number of amides is 3. The molecular weight excluding hydrogens is 365 g/mol. The van der Waals surface area contributed by atoms with Gasteiger partial charge in [0.05, 0.1) is 22.7 Å². The van der Waals surface area contributed by atoms with Gasteiger partial charge in [0, 0.05) is 5.02 Å². The number of hydrogen-bond donors (Lipinski definition) is 2. The molecule has 1 saturated heterocycles. The van der Waals surface area contributed by atoms with E-state index in [0.29, 0.717) is 10.7 Å². The quantitative estimate of drug-likeness (QED) is 0.633. The number of hydrogen-bond acceptors (Lipinski definition) is 4. The van der Waals surface area contributed by atoms with Crippen LogP contribution in [0.25, 0.3) is 0 Å². The Balaban J connectivity index is 1.67. The van der Waals surface area contributed by atoms with Gasteiger partial charge in [-0.1, -0.05) is 41.4 Å². The number of carbonyl (C=O) groups excluding carboxylic acids is 3. The van der Waals surface area contributed by atoms with E-state index in [4.69, 9.17) is 23.2 Å². The lowest BCUT2D eigenvalue weighted by molar-refractivity contribution is -0.121. The number of halogens is 2. The van der Waals surface area contributed by atoms with Crippen molar-refractivity contribution in [2.75, 3.05) is 4.90 Å². The maximum absolute atomic E-state index is 12.4. The van der Waals surface area contributed by atoms with Crippen LogP contribution < -0.4 is 15.8 Å². The van der Waals surface area contributed by atoms with Crippen LogP contribution in [0, 0.1) is 0 Å². The van der Waals surface area contributed by atoms with Gasteiger partial charge in [-0.05, 0) is 30.3 Å². The number of rotatable bonds is 4. The summed E-state index contributed by atoms with van der Waals surface area (Å²) < 4.78 is 0. The van der Waals surface area contributed by atoms with Gasteiger partial charge in [0.15, 0.2) is 0 Å². The van der Waals surface area contributed by atoms with Crippen LogP contribution in [0.5, 0.6) is 0 Å². The molecule has 1 aliphatic heterocycles. The van der Waals surface area contributed by atoms with Crippen LogP contribution in [0.3, 0.4) is 0 Å². The van der Waals surface area contributed by atoms with Crippen LogP contribution >= 0.6 is 23.2 Å². The van der Waals surface area contributed by atoms with Crippen molar-refractivity contribution in [1.29, 1.82) is 0 Å². The molecule has 0 unspecified atom stereocenters. The van der Waals surface area contributed by atoms with Gasteiger partial charge in [0.2, 0.25) is 5.91 Å². The fourth-order valence-electron chi connectivity index (χ4n) is 2.49. The summed E-state index contributed by atoms with van der Waals surface area (Å²) in [6, 6.07) is 12.2. The lowest BCUT2D eigenvalue weighted by Gasteiger charge is -2.16. The molecule has 1 atom stereocenters. The Bertz CT molecular complexity index is 842. The molecule has 2 N–H and O–H groups in total. The molecule has 1 fully saturated rings. The zero-order valence-corrected chi connectivity index (χ0v) is 14.3. The van der Waals surface area contributed by atoms with Crippen LogP contribution in [0.4, 0.5) is 5.69 Å². The molecule has 0 saturated carbocycles. The highest BCUT2D eigenvalue weighted by Crippen LogP contribution is 2.23. The molecule has 2 aromatic rings. The summed E-state index contributed by atoms with van der Waals surface area (Å²) in [5.74, 6) is -1.30. The third-order valence-corrected chi connectivity index (χ3v) is 4.24. The summed E-state index contributed by atoms with van der Waals surface area (Å²) in [6.45, 7) is 0. The fourth-order valence-corrected chi connectivity index (χ4v) is 2.98. The van der Waals surface area contributed by atoms with Crippen molar-refractivity contribution < 1.29 is 14.4 Å².